The van der Waals surface area contributed by atoms with Gasteiger partial charge in [0.05, 0.1) is 5.25 Å². The lowest BCUT2D eigenvalue weighted by Gasteiger charge is -2.15. The molecule has 1 atom stereocenters. The van der Waals surface area contributed by atoms with Gasteiger partial charge in [0.15, 0.2) is 0 Å². The first-order chi connectivity index (χ1) is 21.3. The fourth-order valence-electron chi connectivity index (χ4n) is 4.70. The number of thioether (sulfide) groups is 1. The summed E-state index contributed by atoms with van der Waals surface area (Å²) in [7, 11) is 0. The van der Waals surface area contributed by atoms with Crippen molar-refractivity contribution < 1.29 is 14.4 Å². The molecule has 5 rings (SSSR count). The van der Waals surface area contributed by atoms with Crippen molar-refractivity contribution in [2.75, 3.05) is 10.6 Å². The van der Waals surface area contributed by atoms with Crippen LogP contribution in [0.4, 0.5) is 11.4 Å². The van der Waals surface area contributed by atoms with Crippen LogP contribution in [-0.4, -0.2) is 23.0 Å². The van der Waals surface area contributed by atoms with Crippen LogP contribution >= 0.6 is 11.8 Å². The molecule has 5 aromatic rings. The number of carbonyl (C=O) groups is 3. The number of carbonyl (C=O) groups excluding carboxylic acids is 3. The van der Waals surface area contributed by atoms with Gasteiger partial charge in [-0.2, -0.15) is 0 Å². The molecule has 0 bridgehead atoms. The monoisotopic (exact) mass is 599 g/mol. The average Bonchev–Trinajstić information content (AvgIpc) is 3.03. The number of aryl methyl sites for hydroxylation is 1. The third-order valence-corrected chi connectivity index (χ3v) is 8.38. The molecule has 0 radical (unpaired) electrons. The molecule has 6 nitrogen and oxygen atoms in total. The van der Waals surface area contributed by atoms with E-state index >= 15 is 0 Å². The molecular weight excluding hydrogens is 566 g/mol. The summed E-state index contributed by atoms with van der Waals surface area (Å²) in [6, 6.07) is 35.6. The Morgan fingerprint density at radius 3 is 2.27 bits per heavy atom. The van der Waals surface area contributed by atoms with E-state index < -0.39 is 5.91 Å². The minimum atomic E-state index is -0.468. The molecule has 1 unspecified atom stereocenters. The smallest absolute Gasteiger partial charge is 0.272 e. The molecule has 0 aliphatic rings. The van der Waals surface area contributed by atoms with E-state index in [4.69, 9.17) is 0 Å². The highest BCUT2D eigenvalue weighted by molar-refractivity contribution is 8.00. The Kier molecular flexibility index (Phi) is 9.57. The predicted molar refractivity (Wildman–Crippen MR) is 181 cm³/mol. The van der Waals surface area contributed by atoms with E-state index in [0.29, 0.717) is 11.3 Å². The Labute approximate surface area is 261 Å². The van der Waals surface area contributed by atoms with Crippen molar-refractivity contribution in [2.24, 2.45) is 0 Å². The summed E-state index contributed by atoms with van der Waals surface area (Å²) >= 11 is 1.39. The fraction of sp³-hybridized carbons (Fsp3) is 0.108. The second-order valence-corrected chi connectivity index (χ2v) is 11.8. The summed E-state index contributed by atoms with van der Waals surface area (Å²) in [6.07, 6.45) is 1.69. The number of amides is 3. The van der Waals surface area contributed by atoms with E-state index in [1.54, 1.807) is 36.4 Å². The van der Waals surface area contributed by atoms with Crippen molar-refractivity contribution in [3.05, 3.63) is 143 Å². The first-order valence-electron chi connectivity index (χ1n) is 14.3. The summed E-state index contributed by atoms with van der Waals surface area (Å²) in [6.45, 7) is 5.85. The van der Waals surface area contributed by atoms with Gasteiger partial charge in [-0.25, -0.2) is 0 Å². The van der Waals surface area contributed by atoms with E-state index in [-0.39, 0.29) is 22.8 Å². The van der Waals surface area contributed by atoms with Gasteiger partial charge in [-0.1, -0.05) is 78.9 Å². The molecule has 0 saturated carbocycles. The summed E-state index contributed by atoms with van der Waals surface area (Å²) in [5, 5.41) is 10.4. The Morgan fingerprint density at radius 2 is 1.45 bits per heavy atom. The zero-order chi connectivity index (χ0) is 31.1. The van der Waals surface area contributed by atoms with E-state index in [1.807, 2.05) is 106 Å². The second-order valence-electron chi connectivity index (χ2n) is 10.4. The molecule has 0 spiro atoms. The first-order valence-corrected chi connectivity index (χ1v) is 15.2. The van der Waals surface area contributed by atoms with Crippen molar-refractivity contribution >= 4 is 57.7 Å². The van der Waals surface area contributed by atoms with Crippen LogP contribution in [0.1, 0.15) is 34.0 Å². The van der Waals surface area contributed by atoms with Crippen LogP contribution in [0.2, 0.25) is 0 Å². The van der Waals surface area contributed by atoms with E-state index in [0.717, 1.165) is 38.0 Å². The van der Waals surface area contributed by atoms with Crippen molar-refractivity contribution in [1.29, 1.82) is 0 Å². The van der Waals surface area contributed by atoms with E-state index in [2.05, 4.69) is 16.0 Å². The Hall–Kier alpha value is -5.14. The minimum Gasteiger partial charge on any atom is -0.325 e. The zero-order valence-corrected chi connectivity index (χ0v) is 25.6. The molecule has 0 heterocycles. The molecule has 220 valence electrons. The largest absolute Gasteiger partial charge is 0.325 e. The molecule has 3 amide bonds. The zero-order valence-electron chi connectivity index (χ0n) is 24.8. The molecule has 0 saturated heterocycles. The Bertz CT molecular complexity index is 1860. The molecule has 44 heavy (non-hydrogen) atoms. The summed E-state index contributed by atoms with van der Waals surface area (Å²) < 4.78 is 0. The summed E-state index contributed by atoms with van der Waals surface area (Å²) in [4.78, 5) is 40.5. The number of fused-ring (bicyclic) bond motifs is 1. The van der Waals surface area contributed by atoms with Crippen LogP contribution in [-0.2, 0) is 9.59 Å². The SMILES string of the molecule is Cc1cccc(NC(=O)C(C)Sc2cccc(NC(=O)/C(=C\c3cccc4ccccc34)NC(=O)c3ccccc3)c2)c1C. The molecule has 7 heteroatoms. The van der Waals surface area contributed by atoms with Gasteiger partial charge < -0.3 is 16.0 Å². The standard InChI is InChI=1S/C37H33N3O3S/c1-24-12-9-21-33(25(24)2)39-35(41)26(3)44-31-19-11-18-30(23-31)38-37(43)34(40-36(42)28-14-5-4-6-15-28)22-29-17-10-16-27-13-7-8-20-32(27)29/h4-23,26H,1-3H3,(H,38,43)(H,39,41)(H,40,42)/b34-22+. The van der Waals surface area contributed by atoms with Gasteiger partial charge in [0.25, 0.3) is 11.8 Å². The van der Waals surface area contributed by atoms with Crippen LogP contribution in [0.3, 0.4) is 0 Å². The highest BCUT2D eigenvalue weighted by Crippen LogP contribution is 2.28. The maximum absolute atomic E-state index is 13.7. The van der Waals surface area contributed by atoms with Gasteiger partial charge in [-0.15, -0.1) is 11.8 Å². The molecule has 0 aliphatic heterocycles. The summed E-state index contributed by atoms with van der Waals surface area (Å²) in [5.74, 6) is -0.965. The average molecular weight is 600 g/mol. The highest BCUT2D eigenvalue weighted by atomic mass is 32.2. The van der Waals surface area contributed by atoms with Gasteiger partial charge in [-0.3, -0.25) is 14.4 Å². The van der Waals surface area contributed by atoms with Crippen LogP contribution in [0, 0.1) is 13.8 Å². The van der Waals surface area contributed by atoms with Gasteiger partial charge in [0, 0.05) is 21.8 Å². The molecular formula is C37H33N3O3S. The number of hydrogen-bond acceptors (Lipinski definition) is 4. The Morgan fingerprint density at radius 1 is 0.750 bits per heavy atom. The number of rotatable bonds is 9. The van der Waals surface area contributed by atoms with Crippen molar-refractivity contribution in [2.45, 2.75) is 30.9 Å². The van der Waals surface area contributed by atoms with E-state index in [1.165, 1.54) is 11.8 Å². The van der Waals surface area contributed by atoms with Gasteiger partial charge in [0.2, 0.25) is 5.91 Å². The lowest BCUT2D eigenvalue weighted by atomic mass is 10.0. The third-order valence-electron chi connectivity index (χ3n) is 7.29. The maximum Gasteiger partial charge on any atom is 0.272 e. The van der Waals surface area contributed by atoms with E-state index in [9.17, 15) is 14.4 Å². The summed E-state index contributed by atoms with van der Waals surface area (Å²) in [5.41, 5.74) is 4.83. The number of hydrogen-bond donors (Lipinski definition) is 3. The van der Waals surface area contributed by atoms with Crippen LogP contribution in [0.15, 0.2) is 126 Å². The van der Waals surface area contributed by atoms with Gasteiger partial charge in [-0.05, 0) is 90.7 Å². The first kappa shape index (κ1) is 30.3. The number of nitrogens with one attached hydrogen (secondary N) is 3. The van der Waals surface area contributed by atoms with Crippen molar-refractivity contribution in [3.8, 4) is 0 Å². The predicted octanol–water partition coefficient (Wildman–Crippen LogP) is 7.99. The van der Waals surface area contributed by atoms with Gasteiger partial charge >= 0.3 is 0 Å². The quantitative estimate of drug-likeness (QED) is 0.118. The van der Waals surface area contributed by atoms with Crippen LogP contribution in [0.25, 0.3) is 16.8 Å². The van der Waals surface area contributed by atoms with Crippen LogP contribution < -0.4 is 16.0 Å². The molecule has 0 aliphatic carbocycles. The Balaban J connectivity index is 1.35. The second kappa shape index (κ2) is 13.9. The lowest BCUT2D eigenvalue weighted by Crippen LogP contribution is -2.30. The maximum atomic E-state index is 13.7. The molecule has 0 fully saturated rings. The topological polar surface area (TPSA) is 87.3 Å². The number of anilines is 2. The number of benzene rings is 5. The lowest BCUT2D eigenvalue weighted by molar-refractivity contribution is -0.115. The minimum absolute atomic E-state index is 0.106. The van der Waals surface area contributed by atoms with Crippen LogP contribution in [0.5, 0.6) is 0 Å². The normalized spacial score (nSPS) is 11.9. The van der Waals surface area contributed by atoms with Crippen molar-refractivity contribution in [1.82, 2.24) is 5.32 Å². The highest BCUT2D eigenvalue weighted by Gasteiger charge is 2.18. The fourth-order valence-corrected chi connectivity index (χ4v) is 5.62. The van der Waals surface area contributed by atoms with Crippen molar-refractivity contribution in [3.63, 3.8) is 0 Å². The molecule has 5 aromatic carbocycles. The molecule has 0 aromatic heterocycles. The third kappa shape index (κ3) is 7.43. The molecule has 3 N–H and O–H groups in total. The van der Waals surface area contributed by atoms with Gasteiger partial charge in [0.1, 0.15) is 5.70 Å².